The standard InChI is InChI=1S/C16H23BrN2O2.ClH/c1-21-15-8-7-12(9-13(15)17)16(20)19-14(10-18)11-5-3-2-4-6-11;/h7-9,11,14H,2-6,10,18H2,1H3,(H,19,20);1H. The van der Waals surface area contributed by atoms with Crippen LogP contribution in [-0.4, -0.2) is 25.6 Å². The Balaban J connectivity index is 0.00000242. The van der Waals surface area contributed by atoms with Crippen molar-refractivity contribution >= 4 is 34.2 Å². The van der Waals surface area contributed by atoms with Gasteiger partial charge in [-0.15, -0.1) is 12.4 Å². The van der Waals surface area contributed by atoms with Crippen molar-refractivity contribution in [3.63, 3.8) is 0 Å². The number of carbonyl (C=O) groups is 1. The van der Waals surface area contributed by atoms with Crippen LogP contribution in [-0.2, 0) is 0 Å². The smallest absolute Gasteiger partial charge is 0.251 e. The molecule has 2 rings (SSSR count). The van der Waals surface area contributed by atoms with Crippen molar-refractivity contribution in [3.8, 4) is 5.75 Å². The molecule has 22 heavy (non-hydrogen) atoms. The summed E-state index contributed by atoms with van der Waals surface area (Å²) in [6.07, 6.45) is 6.10. The lowest BCUT2D eigenvalue weighted by Crippen LogP contribution is -2.45. The molecule has 0 spiro atoms. The van der Waals surface area contributed by atoms with Gasteiger partial charge in [0.1, 0.15) is 5.75 Å². The minimum Gasteiger partial charge on any atom is -0.496 e. The van der Waals surface area contributed by atoms with Crippen molar-refractivity contribution in [2.45, 2.75) is 38.1 Å². The first-order valence-electron chi connectivity index (χ1n) is 7.50. The fourth-order valence-corrected chi connectivity index (χ4v) is 3.51. The highest BCUT2D eigenvalue weighted by Gasteiger charge is 2.24. The summed E-state index contributed by atoms with van der Waals surface area (Å²) < 4.78 is 5.96. The largest absolute Gasteiger partial charge is 0.496 e. The molecule has 1 aliphatic rings. The van der Waals surface area contributed by atoms with Gasteiger partial charge >= 0.3 is 0 Å². The van der Waals surface area contributed by atoms with Crippen molar-refractivity contribution in [2.24, 2.45) is 11.7 Å². The van der Waals surface area contributed by atoms with Gasteiger partial charge in [-0.05, 0) is 52.9 Å². The fourth-order valence-electron chi connectivity index (χ4n) is 2.97. The molecule has 1 atom stereocenters. The lowest BCUT2D eigenvalue weighted by Gasteiger charge is -2.30. The molecule has 3 N–H and O–H groups in total. The van der Waals surface area contributed by atoms with E-state index in [0.717, 1.165) is 17.3 Å². The summed E-state index contributed by atoms with van der Waals surface area (Å²) in [6.45, 7) is 0.494. The molecule has 0 radical (unpaired) electrons. The van der Waals surface area contributed by atoms with Gasteiger partial charge in [-0.2, -0.15) is 0 Å². The number of carbonyl (C=O) groups excluding carboxylic acids is 1. The van der Waals surface area contributed by atoms with E-state index in [9.17, 15) is 4.79 Å². The summed E-state index contributed by atoms with van der Waals surface area (Å²) in [5, 5.41) is 3.09. The number of ether oxygens (including phenoxy) is 1. The number of methoxy groups -OCH3 is 1. The van der Waals surface area contributed by atoms with Gasteiger partial charge in [0.25, 0.3) is 5.91 Å². The second-order valence-electron chi connectivity index (χ2n) is 5.56. The highest BCUT2D eigenvalue weighted by Crippen LogP contribution is 2.27. The molecule has 0 aliphatic heterocycles. The number of benzene rings is 1. The fraction of sp³-hybridized carbons (Fsp3) is 0.562. The maximum absolute atomic E-state index is 12.4. The average Bonchev–Trinajstić information content (AvgIpc) is 2.53. The van der Waals surface area contributed by atoms with Crippen LogP contribution in [0, 0.1) is 5.92 Å². The van der Waals surface area contributed by atoms with Crippen molar-refractivity contribution in [1.82, 2.24) is 5.32 Å². The molecular formula is C16H24BrClN2O2. The Labute approximate surface area is 146 Å². The third kappa shape index (κ3) is 4.86. The topological polar surface area (TPSA) is 64.3 Å². The number of nitrogens with two attached hydrogens (primary N) is 1. The number of nitrogens with one attached hydrogen (secondary N) is 1. The Morgan fingerprint density at radius 1 is 1.41 bits per heavy atom. The van der Waals surface area contributed by atoms with E-state index >= 15 is 0 Å². The first-order valence-corrected chi connectivity index (χ1v) is 8.29. The van der Waals surface area contributed by atoms with Crippen LogP contribution in [0.1, 0.15) is 42.5 Å². The van der Waals surface area contributed by atoms with Gasteiger partial charge < -0.3 is 15.8 Å². The van der Waals surface area contributed by atoms with Gasteiger partial charge in [0.05, 0.1) is 11.6 Å². The Kier molecular flexibility index (Phi) is 8.21. The van der Waals surface area contributed by atoms with Crippen LogP contribution >= 0.6 is 28.3 Å². The molecule has 1 aliphatic carbocycles. The summed E-state index contributed by atoms with van der Waals surface area (Å²) in [7, 11) is 1.60. The van der Waals surface area contributed by atoms with Crippen molar-refractivity contribution in [1.29, 1.82) is 0 Å². The van der Waals surface area contributed by atoms with E-state index in [-0.39, 0.29) is 24.4 Å². The van der Waals surface area contributed by atoms with E-state index in [2.05, 4.69) is 21.2 Å². The molecule has 0 aromatic heterocycles. The third-order valence-electron chi connectivity index (χ3n) is 4.20. The van der Waals surface area contributed by atoms with E-state index in [0.29, 0.717) is 23.8 Å². The summed E-state index contributed by atoms with van der Waals surface area (Å²) in [5.41, 5.74) is 6.48. The van der Waals surface area contributed by atoms with Gasteiger partial charge in [0.2, 0.25) is 0 Å². The minimum atomic E-state index is -0.0700. The molecule has 124 valence electrons. The molecule has 1 aromatic carbocycles. The second kappa shape index (κ2) is 9.38. The van der Waals surface area contributed by atoms with Gasteiger partial charge in [-0.3, -0.25) is 4.79 Å². The van der Waals surface area contributed by atoms with E-state index in [1.165, 1.54) is 19.3 Å². The van der Waals surface area contributed by atoms with Crippen LogP contribution in [0.3, 0.4) is 0 Å². The lowest BCUT2D eigenvalue weighted by molar-refractivity contribution is 0.0915. The number of hydrogen-bond acceptors (Lipinski definition) is 3. The molecule has 0 heterocycles. The van der Waals surface area contributed by atoms with Gasteiger partial charge in [0, 0.05) is 18.2 Å². The molecule has 1 saturated carbocycles. The molecule has 6 heteroatoms. The van der Waals surface area contributed by atoms with E-state index in [1.54, 1.807) is 25.3 Å². The van der Waals surface area contributed by atoms with E-state index in [4.69, 9.17) is 10.5 Å². The predicted octanol–water partition coefficient (Wildman–Crippen LogP) is 3.52. The van der Waals surface area contributed by atoms with Crippen molar-refractivity contribution < 1.29 is 9.53 Å². The highest BCUT2D eigenvalue weighted by atomic mass is 79.9. The molecule has 0 bridgehead atoms. The second-order valence-corrected chi connectivity index (χ2v) is 6.42. The first-order chi connectivity index (χ1) is 10.2. The monoisotopic (exact) mass is 390 g/mol. The zero-order valence-electron chi connectivity index (χ0n) is 12.8. The molecule has 1 aromatic rings. The van der Waals surface area contributed by atoms with E-state index < -0.39 is 0 Å². The summed E-state index contributed by atoms with van der Waals surface area (Å²) in [5.74, 6) is 1.16. The first kappa shape index (κ1) is 19.3. The van der Waals surface area contributed by atoms with Crippen LogP contribution in [0.4, 0.5) is 0 Å². The molecule has 0 saturated heterocycles. The third-order valence-corrected chi connectivity index (χ3v) is 4.82. The van der Waals surface area contributed by atoms with Crippen LogP contribution < -0.4 is 15.8 Å². The Morgan fingerprint density at radius 2 is 2.09 bits per heavy atom. The maximum atomic E-state index is 12.4. The van der Waals surface area contributed by atoms with Crippen LogP contribution in [0.5, 0.6) is 5.75 Å². The predicted molar refractivity (Wildman–Crippen MR) is 94.8 cm³/mol. The summed E-state index contributed by atoms with van der Waals surface area (Å²) >= 11 is 3.41. The van der Waals surface area contributed by atoms with Crippen molar-refractivity contribution in [3.05, 3.63) is 28.2 Å². The van der Waals surface area contributed by atoms with Gasteiger partial charge in [-0.1, -0.05) is 19.3 Å². The minimum absolute atomic E-state index is 0. The molecule has 1 amide bonds. The van der Waals surface area contributed by atoms with Crippen LogP contribution in [0.2, 0.25) is 0 Å². The molecular weight excluding hydrogens is 368 g/mol. The average molecular weight is 392 g/mol. The Hall–Kier alpha value is -0.780. The summed E-state index contributed by atoms with van der Waals surface area (Å²) in [4.78, 5) is 12.4. The SMILES string of the molecule is COc1ccc(C(=O)NC(CN)C2CCCCC2)cc1Br.Cl. The van der Waals surface area contributed by atoms with Crippen LogP contribution in [0.15, 0.2) is 22.7 Å². The Bertz CT molecular complexity index is 493. The van der Waals surface area contributed by atoms with Gasteiger partial charge in [-0.25, -0.2) is 0 Å². The van der Waals surface area contributed by atoms with E-state index in [1.807, 2.05) is 0 Å². The number of rotatable bonds is 5. The number of amides is 1. The van der Waals surface area contributed by atoms with Gasteiger partial charge in [0.15, 0.2) is 0 Å². The van der Waals surface area contributed by atoms with Crippen molar-refractivity contribution in [2.75, 3.05) is 13.7 Å². The highest BCUT2D eigenvalue weighted by molar-refractivity contribution is 9.10. The molecule has 1 fully saturated rings. The molecule has 1 unspecified atom stereocenters. The Morgan fingerprint density at radius 3 is 2.64 bits per heavy atom. The normalized spacial score (nSPS) is 16.5. The number of halogens is 2. The number of hydrogen-bond donors (Lipinski definition) is 2. The quantitative estimate of drug-likeness (QED) is 0.807. The summed E-state index contributed by atoms with van der Waals surface area (Å²) in [6, 6.07) is 5.41. The zero-order valence-corrected chi connectivity index (χ0v) is 15.2. The zero-order chi connectivity index (χ0) is 15.2. The lowest BCUT2D eigenvalue weighted by atomic mass is 9.84. The molecule has 4 nitrogen and oxygen atoms in total. The van der Waals surface area contributed by atoms with Crippen LogP contribution in [0.25, 0.3) is 0 Å². The maximum Gasteiger partial charge on any atom is 0.251 e.